The average molecular weight is 400 g/mol. The number of H-pyrrole nitrogens is 1. The van der Waals surface area contributed by atoms with Crippen LogP contribution in [0.1, 0.15) is 18.5 Å². The van der Waals surface area contributed by atoms with Gasteiger partial charge < -0.3 is 9.80 Å². The van der Waals surface area contributed by atoms with E-state index < -0.39 is 11.2 Å². The van der Waals surface area contributed by atoms with Crippen molar-refractivity contribution in [3.8, 4) is 0 Å². The van der Waals surface area contributed by atoms with Crippen LogP contribution in [0.4, 0.5) is 4.39 Å². The molecule has 8 nitrogen and oxygen atoms in total. The summed E-state index contributed by atoms with van der Waals surface area (Å²) in [5.41, 5.74) is -0.429. The van der Waals surface area contributed by atoms with Crippen LogP contribution in [0.3, 0.4) is 0 Å². The number of hydrogen-bond donors (Lipinski definition) is 1. The third-order valence-corrected chi connectivity index (χ3v) is 5.81. The third-order valence-electron chi connectivity index (χ3n) is 5.81. The zero-order valence-electron chi connectivity index (χ0n) is 15.9. The number of hydrogen-bond acceptors (Lipinski definition) is 4. The van der Waals surface area contributed by atoms with Crippen molar-refractivity contribution >= 4 is 11.8 Å². The molecule has 9 heteroatoms. The standard InChI is InChI=1S/C20H21FN4O4/c1-12(26)25-9-14-8-24(18(28)11-23-6-5-17(27)22-20(23)29)10-16(14)19(25)13-3-2-4-15(21)7-13/h2-7,14,16,19H,8-11H2,1H3,(H,22,27,29)/t14-,16-,19+/m1/s1. The number of amides is 2. The Bertz CT molecular complexity index is 1080. The summed E-state index contributed by atoms with van der Waals surface area (Å²) in [4.78, 5) is 53.4. The first-order valence-electron chi connectivity index (χ1n) is 9.43. The fraction of sp³-hybridized carbons (Fsp3) is 0.400. The molecule has 0 bridgehead atoms. The minimum atomic E-state index is -0.634. The van der Waals surface area contributed by atoms with Crippen LogP contribution in [0.2, 0.25) is 0 Å². The number of carbonyl (C=O) groups excluding carboxylic acids is 2. The number of nitrogens with one attached hydrogen (secondary N) is 1. The maximum absolute atomic E-state index is 13.8. The van der Waals surface area contributed by atoms with E-state index in [1.807, 2.05) is 0 Å². The van der Waals surface area contributed by atoms with Gasteiger partial charge in [0.25, 0.3) is 5.56 Å². The van der Waals surface area contributed by atoms with Crippen molar-refractivity contribution in [1.82, 2.24) is 19.4 Å². The Labute approximate surface area is 165 Å². The number of likely N-dealkylation sites (tertiary alicyclic amines) is 2. The lowest BCUT2D eigenvalue weighted by Crippen LogP contribution is -2.39. The van der Waals surface area contributed by atoms with Gasteiger partial charge in [0, 0.05) is 50.7 Å². The predicted octanol–water partition coefficient (Wildman–Crippen LogP) is 0.354. The van der Waals surface area contributed by atoms with E-state index in [2.05, 4.69) is 4.98 Å². The van der Waals surface area contributed by atoms with Gasteiger partial charge in [0.15, 0.2) is 0 Å². The molecule has 3 heterocycles. The second kappa shape index (κ2) is 7.31. The molecule has 1 aromatic heterocycles. The number of benzene rings is 1. The summed E-state index contributed by atoms with van der Waals surface area (Å²) in [6, 6.07) is 7.13. The van der Waals surface area contributed by atoms with Crippen LogP contribution in [-0.2, 0) is 16.1 Å². The highest BCUT2D eigenvalue weighted by Gasteiger charge is 2.49. The summed E-state index contributed by atoms with van der Waals surface area (Å²) < 4.78 is 14.9. The molecule has 0 radical (unpaired) electrons. The Morgan fingerprint density at radius 2 is 1.97 bits per heavy atom. The van der Waals surface area contributed by atoms with Crippen molar-refractivity contribution in [3.63, 3.8) is 0 Å². The van der Waals surface area contributed by atoms with Crippen LogP contribution >= 0.6 is 0 Å². The molecular formula is C20H21FN4O4. The molecule has 2 fully saturated rings. The fourth-order valence-electron chi connectivity index (χ4n) is 4.50. The molecular weight excluding hydrogens is 379 g/mol. The highest BCUT2D eigenvalue weighted by molar-refractivity contribution is 5.77. The number of nitrogens with zero attached hydrogens (tertiary/aromatic N) is 3. The number of aromatic amines is 1. The van der Waals surface area contributed by atoms with Gasteiger partial charge >= 0.3 is 5.69 Å². The normalized spacial score (nSPS) is 23.3. The minimum absolute atomic E-state index is 0.00282. The Morgan fingerprint density at radius 3 is 2.66 bits per heavy atom. The Morgan fingerprint density at radius 1 is 1.17 bits per heavy atom. The van der Waals surface area contributed by atoms with Gasteiger partial charge in [-0.3, -0.25) is 23.9 Å². The molecule has 0 spiro atoms. The van der Waals surface area contributed by atoms with Gasteiger partial charge in [0.1, 0.15) is 12.4 Å². The Hall–Kier alpha value is -3.23. The van der Waals surface area contributed by atoms with Crippen molar-refractivity contribution in [2.75, 3.05) is 19.6 Å². The first kappa shape index (κ1) is 19.1. The van der Waals surface area contributed by atoms with E-state index in [-0.39, 0.29) is 42.1 Å². The largest absolute Gasteiger partial charge is 0.340 e. The third kappa shape index (κ3) is 3.59. The molecule has 2 aliphatic rings. The summed E-state index contributed by atoms with van der Waals surface area (Å²) >= 11 is 0. The van der Waals surface area contributed by atoms with Gasteiger partial charge in [-0.15, -0.1) is 0 Å². The monoisotopic (exact) mass is 400 g/mol. The summed E-state index contributed by atoms with van der Waals surface area (Å²) in [7, 11) is 0. The molecule has 2 aromatic rings. The van der Waals surface area contributed by atoms with Crippen molar-refractivity contribution in [2.45, 2.75) is 19.5 Å². The van der Waals surface area contributed by atoms with Gasteiger partial charge in [0.2, 0.25) is 11.8 Å². The zero-order valence-corrected chi connectivity index (χ0v) is 15.9. The number of rotatable bonds is 3. The first-order chi connectivity index (χ1) is 13.8. The molecule has 2 amide bonds. The maximum atomic E-state index is 13.8. The molecule has 2 saturated heterocycles. The maximum Gasteiger partial charge on any atom is 0.328 e. The molecule has 3 atom stereocenters. The quantitative estimate of drug-likeness (QED) is 0.805. The van der Waals surface area contributed by atoms with Gasteiger partial charge in [-0.1, -0.05) is 12.1 Å². The first-order valence-corrected chi connectivity index (χ1v) is 9.43. The molecule has 29 heavy (non-hydrogen) atoms. The van der Waals surface area contributed by atoms with Crippen molar-refractivity contribution in [2.24, 2.45) is 11.8 Å². The second-order valence-corrected chi connectivity index (χ2v) is 7.63. The minimum Gasteiger partial charge on any atom is -0.340 e. The van der Waals surface area contributed by atoms with Crippen molar-refractivity contribution < 1.29 is 14.0 Å². The highest BCUT2D eigenvalue weighted by atomic mass is 19.1. The molecule has 2 aliphatic heterocycles. The molecule has 152 valence electrons. The molecule has 1 N–H and O–H groups in total. The van der Waals surface area contributed by atoms with Crippen LogP contribution < -0.4 is 11.2 Å². The summed E-state index contributed by atoms with van der Waals surface area (Å²) in [6.45, 7) is 2.72. The van der Waals surface area contributed by atoms with Crippen molar-refractivity contribution in [1.29, 1.82) is 0 Å². The number of aromatic nitrogens is 2. The van der Waals surface area contributed by atoms with Gasteiger partial charge in [-0.2, -0.15) is 0 Å². The molecule has 0 aliphatic carbocycles. The van der Waals surface area contributed by atoms with Crippen LogP contribution in [-0.4, -0.2) is 50.8 Å². The van der Waals surface area contributed by atoms with E-state index in [0.717, 1.165) is 10.1 Å². The van der Waals surface area contributed by atoms with Gasteiger partial charge in [-0.05, 0) is 17.7 Å². The lowest BCUT2D eigenvalue weighted by atomic mass is 9.89. The molecule has 1 aromatic carbocycles. The molecule has 4 rings (SSSR count). The summed E-state index contributed by atoms with van der Waals surface area (Å²) in [5, 5.41) is 0. The van der Waals surface area contributed by atoms with E-state index in [1.165, 1.54) is 31.3 Å². The van der Waals surface area contributed by atoms with E-state index in [0.29, 0.717) is 19.6 Å². The topological polar surface area (TPSA) is 95.5 Å². The van der Waals surface area contributed by atoms with Crippen LogP contribution in [0.25, 0.3) is 0 Å². The number of fused-ring (bicyclic) bond motifs is 1. The smallest absolute Gasteiger partial charge is 0.328 e. The second-order valence-electron chi connectivity index (χ2n) is 7.63. The lowest BCUT2D eigenvalue weighted by molar-refractivity contribution is -0.132. The van der Waals surface area contributed by atoms with E-state index >= 15 is 0 Å². The van der Waals surface area contributed by atoms with E-state index in [1.54, 1.807) is 21.9 Å². The Balaban J connectivity index is 1.54. The number of halogens is 1. The molecule has 0 unspecified atom stereocenters. The van der Waals surface area contributed by atoms with Gasteiger partial charge in [0.05, 0.1) is 6.04 Å². The number of carbonyl (C=O) groups is 2. The summed E-state index contributed by atoms with van der Waals surface area (Å²) in [5.74, 6) is -0.592. The average Bonchev–Trinajstić information content (AvgIpc) is 3.22. The SMILES string of the molecule is CC(=O)N1C[C@H]2CN(C(=O)Cn3ccc(=O)[nH]c3=O)C[C@H]2[C@@H]1c1cccc(F)c1. The Kier molecular flexibility index (Phi) is 4.81. The van der Waals surface area contributed by atoms with Crippen LogP contribution in [0.15, 0.2) is 46.1 Å². The predicted molar refractivity (Wildman–Crippen MR) is 101 cm³/mol. The lowest BCUT2D eigenvalue weighted by Gasteiger charge is -2.29. The van der Waals surface area contributed by atoms with Crippen molar-refractivity contribution in [3.05, 3.63) is 68.7 Å². The fourth-order valence-corrected chi connectivity index (χ4v) is 4.50. The van der Waals surface area contributed by atoms with Crippen LogP contribution in [0.5, 0.6) is 0 Å². The van der Waals surface area contributed by atoms with E-state index in [9.17, 15) is 23.6 Å². The zero-order chi connectivity index (χ0) is 20.7. The van der Waals surface area contributed by atoms with Gasteiger partial charge in [-0.25, -0.2) is 9.18 Å². The van der Waals surface area contributed by atoms with E-state index in [4.69, 9.17) is 0 Å². The highest BCUT2D eigenvalue weighted by Crippen LogP contribution is 2.45. The summed E-state index contributed by atoms with van der Waals surface area (Å²) in [6.07, 6.45) is 1.29. The van der Waals surface area contributed by atoms with Crippen LogP contribution in [0, 0.1) is 17.7 Å². The molecule has 0 saturated carbocycles.